The Hall–Kier alpha value is -5.60. The van der Waals surface area contributed by atoms with Gasteiger partial charge in [-0.05, 0) is 24.3 Å². The normalized spacial score (nSPS) is 13.6. The molecule has 6 rings (SSSR count). The summed E-state index contributed by atoms with van der Waals surface area (Å²) in [5, 5.41) is 1.99. The van der Waals surface area contributed by atoms with E-state index >= 15 is 0 Å². The summed E-state index contributed by atoms with van der Waals surface area (Å²) in [4.78, 5) is 0. The van der Waals surface area contributed by atoms with Crippen LogP contribution in [0.1, 0.15) is 50.1 Å². The van der Waals surface area contributed by atoms with Crippen molar-refractivity contribution in [1.29, 1.82) is 0 Å². The number of thiazole rings is 1. The molecule has 0 atom stereocenters. The van der Waals surface area contributed by atoms with Crippen LogP contribution in [0, 0.1) is 0 Å². The molecule has 0 aliphatic heterocycles. The van der Waals surface area contributed by atoms with Gasteiger partial charge in [0.1, 0.15) is 6.15 Å². The lowest BCUT2D eigenvalue weighted by Gasteiger charge is -2.46. The number of hydrogen-bond donors (Lipinski definition) is 0. The van der Waals surface area contributed by atoms with E-state index in [9.17, 15) is 105 Å². The van der Waals surface area contributed by atoms with Crippen molar-refractivity contribution in [3.63, 3.8) is 0 Å². The van der Waals surface area contributed by atoms with Crippen LogP contribution >= 0.6 is 22.9 Å². The van der Waals surface area contributed by atoms with Crippen LogP contribution in [-0.4, -0.2) is 6.15 Å². The smallest absolute Gasteiger partial charge is 0.194 e. The van der Waals surface area contributed by atoms with Crippen LogP contribution in [0.25, 0.3) is 0 Å². The van der Waals surface area contributed by atoms with E-state index < -0.39 is 195 Å². The average molecular weight is 1070 g/mol. The van der Waals surface area contributed by atoms with Crippen molar-refractivity contribution in [3.8, 4) is 0 Å². The lowest BCUT2D eigenvalue weighted by molar-refractivity contribution is -0.681. The van der Waals surface area contributed by atoms with E-state index in [1.165, 1.54) is 5.56 Å². The predicted molar refractivity (Wildman–Crippen MR) is 205 cm³/mol. The van der Waals surface area contributed by atoms with Crippen molar-refractivity contribution in [2.75, 3.05) is 0 Å². The van der Waals surface area contributed by atoms with Crippen LogP contribution in [0.2, 0.25) is 4.47 Å². The van der Waals surface area contributed by atoms with Crippen molar-refractivity contribution in [2.45, 2.75) is 56.0 Å². The van der Waals surface area contributed by atoms with E-state index in [0.717, 1.165) is 11.0 Å². The van der Waals surface area contributed by atoms with Gasteiger partial charge in [0.2, 0.25) is 0 Å². The van der Waals surface area contributed by atoms with Gasteiger partial charge in [0.05, 0.1) is 49.9 Å². The molecule has 0 saturated heterocycles. The fourth-order valence-corrected chi connectivity index (χ4v) is 8.10. The molecule has 0 aliphatic carbocycles. The second kappa shape index (κ2) is 18.9. The third-order valence-electron chi connectivity index (χ3n) is 10.3. The fourth-order valence-electron chi connectivity index (χ4n) is 7.25. The van der Waals surface area contributed by atoms with Crippen molar-refractivity contribution in [1.82, 2.24) is 0 Å². The molecule has 0 amide bonds. The Morgan fingerprint density at radius 1 is 0.357 bits per heavy atom. The molecule has 1 heterocycles. The van der Waals surface area contributed by atoms with Crippen LogP contribution in [0.4, 0.5) is 105 Å². The summed E-state index contributed by atoms with van der Waals surface area (Å²) in [7, 11) is 0. The third-order valence-corrected chi connectivity index (χ3v) is 11.4. The summed E-state index contributed by atoms with van der Waals surface area (Å²) in [5.41, 5.74) is -28.9. The van der Waals surface area contributed by atoms with Gasteiger partial charge in [-0.3, -0.25) is 0 Å². The van der Waals surface area contributed by atoms with Gasteiger partial charge in [-0.1, -0.05) is 90.2 Å². The molecule has 5 aromatic carbocycles. The number of hydrogen-bond acceptors (Lipinski definition) is 1. The summed E-state index contributed by atoms with van der Waals surface area (Å²) in [6.45, 7) is 0.850. The van der Waals surface area contributed by atoms with E-state index in [0.29, 0.717) is 0 Å². The standard InChI is InChI=1S/C32H12BF24.C10H9ClNS/c34-25(35,36)13-1-14(26(37,38)39)6-21(5-13)33(22-7-15(27(40,41)42)2-16(8-22)28(43,44)45,23-9-17(29(46,47)48)3-18(10-23)30(49,50)51)24-11-19(31(52,53)54)4-20(12-24)32(55,56)57;11-10-12(6-7-13-10)8-9-4-2-1-3-5-9/h1-12H;1-7H,8H2/q-1;+1. The first-order valence-electron chi connectivity index (χ1n) is 18.6. The van der Waals surface area contributed by atoms with Crippen LogP contribution in [0.5, 0.6) is 0 Å². The van der Waals surface area contributed by atoms with Crippen molar-refractivity contribution < 1.29 is 110 Å². The second-order valence-electron chi connectivity index (χ2n) is 15.0. The molecular formula is C42H21BClF24NS. The molecule has 28 heteroatoms. The quantitative estimate of drug-likeness (QED) is 0.0889. The Balaban J connectivity index is 0.000000600. The highest BCUT2D eigenvalue weighted by Gasteiger charge is 2.47. The largest absolute Gasteiger partial charge is 0.416 e. The molecule has 0 bridgehead atoms. The Kier molecular flexibility index (Phi) is 14.9. The molecule has 1 nitrogen and oxygen atoms in total. The lowest BCUT2D eigenvalue weighted by Crippen LogP contribution is -2.75. The summed E-state index contributed by atoms with van der Waals surface area (Å²) in [6.07, 6.45) is -52.8. The van der Waals surface area contributed by atoms with Crippen molar-refractivity contribution in [2.24, 2.45) is 0 Å². The Morgan fingerprint density at radius 2 is 0.586 bits per heavy atom. The van der Waals surface area contributed by atoms with E-state index in [-0.39, 0.29) is 0 Å². The molecule has 6 aromatic rings. The van der Waals surface area contributed by atoms with Gasteiger partial charge in [0.25, 0.3) is 0 Å². The zero-order valence-corrected chi connectivity index (χ0v) is 35.1. The number of nitrogens with zero attached hydrogens (tertiary/aromatic N) is 1. The van der Waals surface area contributed by atoms with E-state index in [2.05, 4.69) is 12.1 Å². The van der Waals surface area contributed by atoms with Crippen LogP contribution in [0.15, 0.2) is 115 Å². The number of rotatable bonds is 6. The zero-order chi connectivity index (χ0) is 53.0. The third kappa shape index (κ3) is 12.6. The number of halogens is 25. The van der Waals surface area contributed by atoms with Crippen LogP contribution in [0.3, 0.4) is 0 Å². The first-order valence-corrected chi connectivity index (χ1v) is 19.9. The highest BCUT2D eigenvalue weighted by Crippen LogP contribution is 2.41. The van der Waals surface area contributed by atoms with E-state index in [1.807, 2.05) is 34.3 Å². The molecule has 0 aliphatic rings. The maximum absolute atomic E-state index is 14.2. The summed E-state index contributed by atoms with van der Waals surface area (Å²) in [5.74, 6) is 0. The summed E-state index contributed by atoms with van der Waals surface area (Å²) in [6, 6.07) is 1.48. The summed E-state index contributed by atoms with van der Waals surface area (Å²) >= 11 is 7.52. The van der Waals surface area contributed by atoms with Crippen molar-refractivity contribution >= 4 is 50.9 Å². The zero-order valence-electron chi connectivity index (χ0n) is 33.6. The van der Waals surface area contributed by atoms with Gasteiger partial charge in [-0.2, -0.15) is 132 Å². The van der Waals surface area contributed by atoms with Crippen LogP contribution in [-0.2, 0) is 56.0 Å². The Bertz CT molecular complexity index is 2370. The first kappa shape index (κ1) is 55.3. The van der Waals surface area contributed by atoms with Gasteiger partial charge in [-0.15, -0.1) is 0 Å². The van der Waals surface area contributed by atoms with E-state index in [1.54, 1.807) is 11.3 Å². The average Bonchev–Trinajstić information content (AvgIpc) is 3.62. The number of benzene rings is 5. The Labute approximate surface area is 385 Å². The Morgan fingerprint density at radius 3 is 0.771 bits per heavy atom. The van der Waals surface area contributed by atoms with Gasteiger partial charge >= 0.3 is 53.9 Å². The fraction of sp³-hybridized carbons (Fsp3) is 0.214. The number of alkyl halides is 24. The minimum absolute atomic E-state index is 0.691. The van der Waals surface area contributed by atoms with Crippen molar-refractivity contribution in [3.05, 3.63) is 169 Å². The molecule has 378 valence electrons. The van der Waals surface area contributed by atoms with Gasteiger partial charge in [-0.25, -0.2) is 0 Å². The lowest BCUT2D eigenvalue weighted by atomic mass is 9.12. The SMILES string of the molecule is Clc1scc[n+]1Cc1ccccc1.FC(F)(F)c1cc([B-](c2cc(C(F)(F)F)cc(C(F)(F)F)c2)(c2cc(C(F)(F)F)cc(C(F)(F)F)c2)c2cc(C(F)(F)F)cc(C(F)(F)F)c2)cc(C(F)(F)F)c1. The van der Waals surface area contributed by atoms with Gasteiger partial charge < -0.3 is 0 Å². The maximum Gasteiger partial charge on any atom is 0.416 e. The highest BCUT2D eigenvalue weighted by molar-refractivity contribution is 7.20. The van der Waals surface area contributed by atoms with Gasteiger partial charge in [0, 0.05) is 17.2 Å². The first-order chi connectivity index (χ1) is 31.6. The highest BCUT2D eigenvalue weighted by atomic mass is 35.5. The topological polar surface area (TPSA) is 3.88 Å². The maximum atomic E-state index is 14.2. The van der Waals surface area contributed by atoms with Gasteiger partial charge in [0.15, 0.2) is 12.7 Å². The summed E-state index contributed by atoms with van der Waals surface area (Å²) < 4.78 is 344. The molecule has 0 N–H and O–H groups in total. The molecule has 70 heavy (non-hydrogen) atoms. The molecule has 0 saturated carbocycles. The molecule has 0 radical (unpaired) electrons. The molecule has 1 aromatic heterocycles. The predicted octanol–water partition coefficient (Wildman–Crippen LogP) is 14.0. The molecule has 0 unspecified atom stereocenters. The second-order valence-corrected chi connectivity index (χ2v) is 16.5. The molecular weight excluding hydrogens is 1050 g/mol. The van der Waals surface area contributed by atoms with Crippen LogP contribution < -0.4 is 26.4 Å². The monoisotopic (exact) mass is 1070 g/mol. The number of aromatic nitrogens is 1. The minimum atomic E-state index is -6.13. The van der Waals surface area contributed by atoms with E-state index in [4.69, 9.17) is 11.6 Å². The minimum Gasteiger partial charge on any atom is -0.194 e. The molecule has 0 spiro atoms. The molecule has 0 fully saturated rings.